The first-order valence-electron chi connectivity index (χ1n) is 10.4. The second-order valence-corrected chi connectivity index (χ2v) is 9.40. The second kappa shape index (κ2) is 7.41. The zero-order chi connectivity index (χ0) is 22.6. The Balaban J connectivity index is 1.53. The van der Waals surface area contributed by atoms with Crippen LogP contribution in [-0.4, -0.2) is 28.1 Å². The number of hydrogen-bond acceptors (Lipinski definition) is 5. The van der Waals surface area contributed by atoms with Crippen molar-refractivity contribution in [3.63, 3.8) is 0 Å². The predicted octanol–water partition coefficient (Wildman–Crippen LogP) is 6.07. The number of halogens is 1. The minimum atomic E-state index is -0.636. The third-order valence-corrected chi connectivity index (χ3v) is 5.77. The molecule has 2 aliphatic rings. The van der Waals surface area contributed by atoms with Gasteiger partial charge in [0, 0.05) is 28.6 Å². The average molecular weight is 452 g/mol. The van der Waals surface area contributed by atoms with Gasteiger partial charge in [0.15, 0.2) is 5.78 Å². The topological polar surface area (TPSA) is 66.8 Å². The van der Waals surface area contributed by atoms with Crippen LogP contribution in [0, 0.1) is 0 Å². The van der Waals surface area contributed by atoms with Crippen molar-refractivity contribution in [3.8, 4) is 5.75 Å². The summed E-state index contributed by atoms with van der Waals surface area (Å²) >= 11 is 6.26. The molecule has 0 saturated carbocycles. The Labute approximate surface area is 190 Å². The number of fused-ring (bicyclic) bond motifs is 3. The number of carbonyl (C=O) groups excluding carboxylic acids is 2. The van der Waals surface area contributed by atoms with E-state index in [9.17, 15) is 9.59 Å². The van der Waals surface area contributed by atoms with Gasteiger partial charge in [0.05, 0.1) is 22.9 Å². The van der Waals surface area contributed by atoms with Crippen molar-refractivity contribution in [3.05, 3.63) is 76.6 Å². The van der Waals surface area contributed by atoms with Crippen molar-refractivity contribution in [2.75, 3.05) is 0 Å². The third-order valence-electron chi connectivity index (χ3n) is 5.53. The van der Waals surface area contributed by atoms with Gasteiger partial charge in [-0.2, -0.15) is 0 Å². The summed E-state index contributed by atoms with van der Waals surface area (Å²) in [4.78, 5) is 25.7. The minimum absolute atomic E-state index is 0.0884. The van der Waals surface area contributed by atoms with E-state index in [4.69, 9.17) is 25.8 Å². The molecule has 0 fully saturated rings. The summed E-state index contributed by atoms with van der Waals surface area (Å²) in [5.41, 5.74) is 1.84. The molecule has 1 aromatic heterocycles. The van der Waals surface area contributed by atoms with Gasteiger partial charge in [-0.15, -0.1) is 0 Å². The van der Waals surface area contributed by atoms with Crippen LogP contribution in [-0.2, 0) is 9.47 Å². The summed E-state index contributed by atoms with van der Waals surface area (Å²) in [5, 5.41) is 1.33. The number of aromatic nitrogens is 1. The fourth-order valence-corrected chi connectivity index (χ4v) is 4.30. The van der Waals surface area contributed by atoms with Gasteiger partial charge in [0.2, 0.25) is 0 Å². The highest BCUT2D eigenvalue weighted by atomic mass is 35.5. The van der Waals surface area contributed by atoms with Gasteiger partial charge in [0.1, 0.15) is 23.6 Å². The van der Waals surface area contributed by atoms with Crippen LogP contribution in [0.1, 0.15) is 49.2 Å². The smallest absolute Gasteiger partial charge is 0.419 e. The maximum absolute atomic E-state index is 12.9. The average Bonchev–Trinajstić information content (AvgIpc) is 3.11. The summed E-state index contributed by atoms with van der Waals surface area (Å²) in [6, 6.07) is 12.5. The number of para-hydroxylation sites is 1. The van der Waals surface area contributed by atoms with Crippen LogP contribution < -0.4 is 4.74 Å². The van der Waals surface area contributed by atoms with Gasteiger partial charge in [-0.1, -0.05) is 23.7 Å². The second-order valence-electron chi connectivity index (χ2n) is 8.96. The largest absolute Gasteiger partial charge is 0.493 e. The number of Topliss-reactive ketones (excluding diaryl/α,β-unsaturated/α-hetero) is 1. The Bertz CT molecular complexity index is 1280. The van der Waals surface area contributed by atoms with Gasteiger partial charge in [-0.05, 0) is 51.1 Å². The molecule has 0 spiro atoms. The summed E-state index contributed by atoms with van der Waals surface area (Å²) in [5.74, 6) is 0.481. The number of hydrogen-bond donors (Lipinski definition) is 0. The summed E-state index contributed by atoms with van der Waals surface area (Å²) in [6.07, 6.45) is 2.28. The Morgan fingerprint density at radius 1 is 1.16 bits per heavy atom. The summed E-state index contributed by atoms with van der Waals surface area (Å²) in [6.45, 7) is 5.46. The van der Waals surface area contributed by atoms with Crippen molar-refractivity contribution in [1.29, 1.82) is 0 Å². The summed E-state index contributed by atoms with van der Waals surface area (Å²) in [7, 11) is 0. The van der Waals surface area contributed by atoms with E-state index >= 15 is 0 Å². The van der Waals surface area contributed by atoms with Gasteiger partial charge < -0.3 is 14.2 Å². The number of benzene rings is 2. The van der Waals surface area contributed by atoms with Gasteiger partial charge in [-0.3, -0.25) is 9.36 Å². The van der Waals surface area contributed by atoms with Crippen molar-refractivity contribution in [1.82, 2.24) is 4.57 Å². The van der Waals surface area contributed by atoms with Crippen molar-refractivity contribution in [2.24, 2.45) is 0 Å². The van der Waals surface area contributed by atoms with E-state index in [-0.39, 0.29) is 5.78 Å². The lowest BCUT2D eigenvalue weighted by atomic mass is 9.89. The predicted molar refractivity (Wildman–Crippen MR) is 120 cm³/mol. The van der Waals surface area contributed by atoms with E-state index < -0.39 is 23.9 Å². The highest BCUT2D eigenvalue weighted by Gasteiger charge is 2.38. The van der Waals surface area contributed by atoms with Crippen LogP contribution in [0.2, 0.25) is 5.02 Å². The van der Waals surface area contributed by atoms with E-state index in [1.165, 1.54) is 10.8 Å². The molecule has 2 aliphatic heterocycles. The fourth-order valence-electron chi connectivity index (χ4n) is 4.13. The molecule has 2 atom stereocenters. The van der Waals surface area contributed by atoms with E-state index in [0.29, 0.717) is 33.8 Å². The molecule has 2 aromatic carbocycles. The number of ketones is 1. The first-order valence-corrected chi connectivity index (χ1v) is 10.8. The molecule has 0 N–H and O–H groups in total. The number of ether oxygens (including phenoxy) is 3. The fraction of sp³-hybridized carbons (Fsp3) is 0.280. The third kappa shape index (κ3) is 3.54. The molecule has 0 radical (unpaired) electrons. The molecule has 7 heteroatoms. The first kappa shape index (κ1) is 20.6. The Hall–Kier alpha value is -3.25. The Morgan fingerprint density at radius 2 is 1.94 bits per heavy atom. The van der Waals surface area contributed by atoms with Crippen LogP contribution >= 0.6 is 11.6 Å². The molecule has 3 heterocycles. The van der Waals surface area contributed by atoms with Crippen LogP contribution in [0.3, 0.4) is 0 Å². The highest BCUT2D eigenvalue weighted by molar-refractivity contribution is 6.31. The van der Waals surface area contributed by atoms with Crippen LogP contribution in [0.25, 0.3) is 10.9 Å². The number of nitrogens with zero attached hydrogens (tertiary/aromatic N) is 1. The maximum atomic E-state index is 12.9. The van der Waals surface area contributed by atoms with Crippen molar-refractivity contribution >= 4 is 34.4 Å². The van der Waals surface area contributed by atoms with E-state index in [1.807, 2.05) is 32.9 Å². The molecule has 164 valence electrons. The van der Waals surface area contributed by atoms with Crippen LogP contribution in [0.4, 0.5) is 4.79 Å². The summed E-state index contributed by atoms with van der Waals surface area (Å²) < 4.78 is 19.1. The molecule has 0 bridgehead atoms. The Kier molecular flexibility index (Phi) is 4.78. The molecular weight excluding hydrogens is 430 g/mol. The van der Waals surface area contributed by atoms with Gasteiger partial charge in [0.25, 0.3) is 0 Å². The first-order chi connectivity index (χ1) is 15.2. The van der Waals surface area contributed by atoms with Crippen molar-refractivity contribution in [2.45, 2.75) is 45.0 Å². The van der Waals surface area contributed by atoms with Crippen LogP contribution in [0.15, 0.2) is 60.5 Å². The lowest BCUT2D eigenvalue weighted by molar-refractivity contribution is 0.0531. The number of carbonyl (C=O) groups is 2. The van der Waals surface area contributed by atoms with Gasteiger partial charge in [-0.25, -0.2) is 4.79 Å². The standard InChI is InChI=1S/C25H22ClNO5/c1-25(2,3)32-24(29)27-12-17(16-10-14(26)8-9-19(16)27)21-11-22-18(13-30-21)23(28)15-6-4-5-7-20(15)31-22/h4-10,12-13,21-22H,11H2,1-3H3/t21-,22-/m1/s1. The molecule has 5 rings (SSSR count). The lowest BCUT2D eigenvalue weighted by Crippen LogP contribution is -2.34. The minimum Gasteiger partial charge on any atom is -0.493 e. The molecule has 3 aromatic rings. The zero-order valence-corrected chi connectivity index (χ0v) is 18.7. The zero-order valence-electron chi connectivity index (χ0n) is 17.9. The van der Waals surface area contributed by atoms with Crippen molar-refractivity contribution < 1.29 is 23.8 Å². The molecule has 0 amide bonds. The lowest BCUT2D eigenvalue weighted by Gasteiger charge is -2.33. The molecule has 0 unspecified atom stereocenters. The molecule has 0 aliphatic carbocycles. The maximum Gasteiger partial charge on any atom is 0.419 e. The molecule has 6 nitrogen and oxygen atoms in total. The van der Waals surface area contributed by atoms with E-state index in [0.717, 1.165) is 10.9 Å². The normalized spacial score (nSPS) is 20.0. The monoisotopic (exact) mass is 451 g/mol. The highest BCUT2D eigenvalue weighted by Crippen LogP contribution is 2.41. The molecule has 0 saturated heterocycles. The van der Waals surface area contributed by atoms with Crippen LogP contribution in [0.5, 0.6) is 5.75 Å². The quantitative estimate of drug-likeness (QED) is 0.449. The van der Waals surface area contributed by atoms with E-state index in [2.05, 4.69) is 0 Å². The van der Waals surface area contributed by atoms with E-state index in [1.54, 1.807) is 36.5 Å². The Morgan fingerprint density at radius 3 is 2.72 bits per heavy atom. The molecule has 32 heavy (non-hydrogen) atoms. The SMILES string of the molecule is CC(C)(C)OC(=O)n1cc([C@H]2C[C@H]3Oc4ccccc4C(=O)C3=CO2)c2cc(Cl)ccc21. The van der Waals surface area contributed by atoms with Gasteiger partial charge >= 0.3 is 6.09 Å². The number of rotatable bonds is 1. The molecular formula is C25H22ClNO5.